The van der Waals surface area contributed by atoms with Crippen molar-refractivity contribution in [1.82, 2.24) is 15.1 Å². The van der Waals surface area contributed by atoms with Crippen LogP contribution in [0.15, 0.2) is 29.3 Å². The molecule has 0 aliphatic carbocycles. The van der Waals surface area contributed by atoms with Crippen LogP contribution in [0.4, 0.5) is 0 Å². The van der Waals surface area contributed by atoms with Crippen LogP contribution in [0.2, 0.25) is 0 Å². The third-order valence-electron chi connectivity index (χ3n) is 5.06. The molecule has 1 aliphatic rings. The lowest BCUT2D eigenvalue weighted by Crippen LogP contribution is -2.42. The number of hydrogen-bond donors (Lipinski definition) is 1. The maximum absolute atomic E-state index is 5.51. The topological polar surface area (TPSA) is 40.1 Å². The predicted octanol–water partition coefficient (Wildman–Crippen LogP) is 2.79. The van der Waals surface area contributed by atoms with E-state index in [1.165, 1.54) is 11.1 Å². The highest BCUT2D eigenvalue weighted by Gasteiger charge is 2.20. The Hall–Kier alpha value is -1.59. The number of guanidine groups is 1. The van der Waals surface area contributed by atoms with Gasteiger partial charge in [-0.1, -0.05) is 31.2 Å². The molecule has 1 aromatic rings. The second-order valence-corrected chi connectivity index (χ2v) is 7.38. The molecule has 2 unspecified atom stereocenters. The fourth-order valence-corrected chi connectivity index (χ4v) is 3.39. The Kier molecular flexibility index (Phi) is 8.39. The number of aryl methyl sites for hydroxylation is 1. The number of rotatable bonds is 8. The van der Waals surface area contributed by atoms with Crippen LogP contribution >= 0.6 is 0 Å². The van der Waals surface area contributed by atoms with Gasteiger partial charge in [0, 0.05) is 32.7 Å². The van der Waals surface area contributed by atoms with Gasteiger partial charge in [0.25, 0.3) is 0 Å². The van der Waals surface area contributed by atoms with Crippen molar-refractivity contribution in [2.45, 2.75) is 32.7 Å². The second-order valence-electron chi connectivity index (χ2n) is 7.38. The largest absolute Gasteiger partial charge is 0.381 e. The van der Waals surface area contributed by atoms with Gasteiger partial charge in [0.05, 0.1) is 19.2 Å². The van der Waals surface area contributed by atoms with Gasteiger partial charge in [-0.25, -0.2) is 0 Å². The molecule has 0 aromatic heterocycles. The Morgan fingerprint density at radius 1 is 1.23 bits per heavy atom. The van der Waals surface area contributed by atoms with Gasteiger partial charge in [-0.3, -0.25) is 4.99 Å². The quantitative estimate of drug-likeness (QED) is 0.572. The molecule has 1 aromatic carbocycles. The smallest absolute Gasteiger partial charge is 0.193 e. The molecule has 5 heteroatoms. The first-order valence-electron chi connectivity index (χ1n) is 9.87. The summed E-state index contributed by atoms with van der Waals surface area (Å²) in [6.45, 7) is 8.68. The maximum atomic E-state index is 5.51. The molecule has 5 nitrogen and oxygen atoms in total. The van der Waals surface area contributed by atoms with E-state index < -0.39 is 0 Å². The van der Waals surface area contributed by atoms with Crippen molar-refractivity contribution < 1.29 is 4.74 Å². The summed E-state index contributed by atoms with van der Waals surface area (Å²) in [6, 6.07) is 9.22. The number of nitrogens with one attached hydrogen (secondary N) is 1. The molecule has 146 valence electrons. The van der Waals surface area contributed by atoms with Crippen molar-refractivity contribution in [3.8, 4) is 0 Å². The lowest BCUT2D eigenvalue weighted by atomic mass is 10.0. The van der Waals surface area contributed by atoms with E-state index in [1.807, 2.05) is 0 Å². The van der Waals surface area contributed by atoms with Gasteiger partial charge in [0.2, 0.25) is 0 Å². The molecule has 0 radical (unpaired) electrons. The number of nitrogens with zero attached hydrogens (tertiary/aromatic N) is 3. The zero-order valence-electron chi connectivity index (χ0n) is 17.2. The van der Waals surface area contributed by atoms with E-state index in [2.05, 4.69) is 74.4 Å². The summed E-state index contributed by atoms with van der Waals surface area (Å²) in [5.41, 5.74) is 2.69. The normalized spacial score (nSPS) is 19.0. The van der Waals surface area contributed by atoms with Crippen LogP contribution in [0.3, 0.4) is 0 Å². The molecular formula is C21H36N4O. The number of ether oxygens (including phenoxy) is 1. The van der Waals surface area contributed by atoms with Crippen molar-refractivity contribution in [2.75, 3.05) is 54.0 Å². The Morgan fingerprint density at radius 3 is 2.50 bits per heavy atom. The van der Waals surface area contributed by atoms with E-state index >= 15 is 0 Å². The summed E-state index contributed by atoms with van der Waals surface area (Å²) >= 11 is 0. The average Bonchev–Trinajstić information content (AvgIpc) is 3.14. The van der Waals surface area contributed by atoms with Gasteiger partial charge < -0.3 is 19.9 Å². The number of hydrogen-bond acceptors (Lipinski definition) is 3. The highest BCUT2D eigenvalue weighted by molar-refractivity contribution is 5.79. The van der Waals surface area contributed by atoms with Crippen LogP contribution in [0.1, 0.15) is 37.4 Å². The van der Waals surface area contributed by atoms with E-state index in [4.69, 9.17) is 9.73 Å². The molecule has 1 N–H and O–H groups in total. The molecule has 0 spiro atoms. The first-order valence-corrected chi connectivity index (χ1v) is 9.87. The van der Waals surface area contributed by atoms with Crippen molar-refractivity contribution in [2.24, 2.45) is 10.9 Å². The van der Waals surface area contributed by atoms with E-state index in [0.29, 0.717) is 5.92 Å². The van der Waals surface area contributed by atoms with Crippen LogP contribution < -0.4 is 5.32 Å². The second kappa shape index (κ2) is 10.5. The minimum atomic E-state index is 0.276. The van der Waals surface area contributed by atoms with Crippen molar-refractivity contribution in [1.29, 1.82) is 0 Å². The zero-order chi connectivity index (χ0) is 18.9. The Balaban J connectivity index is 2.07. The number of benzene rings is 1. The van der Waals surface area contributed by atoms with Crippen LogP contribution in [-0.4, -0.2) is 69.8 Å². The van der Waals surface area contributed by atoms with Gasteiger partial charge in [0.1, 0.15) is 0 Å². The molecule has 0 amide bonds. The Labute approximate surface area is 159 Å². The SMILES string of the molecule is CCNC(=NCC(c1ccc(CC)cc1)N(C)C)N(C)CC1CCOC1. The Bertz CT molecular complexity index is 550. The molecule has 0 bridgehead atoms. The summed E-state index contributed by atoms with van der Waals surface area (Å²) in [4.78, 5) is 9.44. The number of likely N-dealkylation sites (N-methyl/N-ethyl adjacent to an activating group) is 1. The summed E-state index contributed by atoms with van der Waals surface area (Å²) in [7, 11) is 6.38. The maximum Gasteiger partial charge on any atom is 0.193 e. The van der Waals surface area contributed by atoms with Crippen LogP contribution in [0.25, 0.3) is 0 Å². The molecule has 0 saturated carbocycles. The molecule has 2 rings (SSSR count). The van der Waals surface area contributed by atoms with Crippen LogP contribution in [0.5, 0.6) is 0 Å². The van der Waals surface area contributed by atoms with Crippen molar-refractivity contribution in [3.63, 3.8) is 0 Å². The van der Waals surface area contributed by atoms with E-state index in [0.717, 1.165) is 51.6 Å². The molecule has 1 fully saturated rings. The first-order chi connectivity index (χ1) is 12.5. The van der Waals surface area contributed by atoms with Crippen LogP contribution in [-0.2, 0) is 11.2 Å². The summed E-state index contributed by atoms with van der Waals surface area (Å²) < 4.78 is 5.51. The molecule has 1 heterocycles. The predicted molar refractivity (Wildman–Crippen MR) is 110 cm³/mol. The summed E-state index contributed by atoms with van der Waals surface area (Å²) in [5, 5.41) is 3.44. The third kappa shape index (κ3) is 5.99. The van der Waals surface area contributed by atoms with Crippen LogP contribution in [0, 0.1) is 5.92 Å². The van der Waals surface area contributed by atoms with Crippen molar-refractivity contribution >= 4 is 5.96 Å². The fraction of sp³-hybridized carbons (Fsp3) is 0.667. The molecule has 2 atom stereocenters. The van der Waals surface area contributed by atoms with E-state index in [9.17, 15) is 0 Å². The average molecular weight is 361 g/mol. The minimum Gasteiger partial charge on any atom is -0.381 e. The monoisotopic (exact) mass is 360 g/mol. The molecular weight excluding hydrogens is 324 g/mol. The van der Waals surface area contributed by atoms with Crippen molar-refractivity contribution in [3.05, 3.63) is 35.4 Å². The fourth-order valence-electron chi connectivity index (χ4n) is 3.39. The summed E-state index contributed by atoms with van der Waals surface area (Å²) in [6.07, 6.45) is 2.22. The molecule has 1 aliphatic heterocycles. The number of aliphatic imine (C=N–C) groups is 1. The van der Waals surface area contributed by atoms with E-state index in [1.54, 1.807) is 0 Å². The van der Waals surface area contributed by atoms with Gasteiger partial charge >= 0.3 is 0 Å². The summed E-state index contributed by atoms with van der Waals surface area (Å²) in [5.74, 6) is 1.59. The standard InChI is InChI=1S/C21H36N4O/c1-6-17-8-10-19(11-9-17)20(24(3)4)14-23-21(22-7-2)25(5)15-18-12-13-26-16-18/h8-11,18,20H,6-7,12-16H2,1-5H3,(H,22,23). The highest BCUT2D eigenvalue weighted by Crippen LogP contribution is 2.20. The van der Waals surface area contributed by atoms with Gasteiger partial charge in [0.15, 0.2) is 5.96 Å². The van der Waals surface area contributed by atoms with Gasteiger partial charge in [-0.05, 0) is 45.0 Å². The van der Waals surface area contributed by atoms with Gasteiger partial charge in [-0.15, -0.1) is 0 Å². The van der Waals surface area contributed by atoms with Gasteiger partial charge in [-0.2, -0.15) is 0 Å². The highest BCUT2D eigenvalue weighted by atomic mass is 16.5. The lowest BCUT2D eigenvalue weighted by molar-refractivity contribution is 0.181. The zero-order valence-corrected chi connectivity index (χ0v) is 17.2. The molecule has 1 saturated heterocycles. The first kappa shape index (κ1) is 20.7. The Morgan fingerprint density at radius 2 is 1.96 bits per heavy atom. The minimum absolute atomic E-state index is 0.276. The molecule has 26 heavy (non-hydrogen) atoms. The lowest BCUT2D eigenvalue weighted by Gasteiger charge is -2.27. The third-order valence-corrected chi connectivity index (χ3v) is 5.06. The van der Waals surface area contributed by atoms with E-state index in [-0.39, 0.29) is 6.04 Å².